The summed E-state index contributed by atoms with van der Waals surface area (Å²) >= 11 is 0. The summed E-state index contributed by atoms with van der Waals surface area (Å²) in [6.07, 6.45) is 5.33. The third-order valence-corrected chi connectivity index (χ3v) is 6.88. The van der Waals surface area contributed by atoms with Crippen molar-refractivity contribution in [3.05, 3.63) is 71.9 Å². The van der Waals surface area contributed by atoms with Crippen LogP contribution in [0.3, 0.4) is 0 Å². The van der Waals surface area contributed by atoms with E-state index in [9.17, 15) is 13.5 Å². The van der Waals surface area contributed by atoms with Crippen LogP contribution in [0.5, 0.6) is 5.75 Å². The minimum atomic E-state index is -3.23. The van der Waals surface area contributed by atoms with Gasteiger partial charge in [0, 0.05) is 35.8 Å². The Kier molecular flexibility index (Phi) is 5.24. The number of hydrogen-bond donors (Lipinski definition) is 3. The number of fused-ring (bicyclic) bond motifs is 1. The highest BCUT2D eigenvalue weighted by Gasteiger charge is 2.21. The van der Waals surface area contributed by atoms with Crippen LogP contribution in [0.4, 0.5) is 0 Å². The van der Waals surface area contributed by atoms with Gasteiger partial charge in [-0.25, -0.2) is 8.42 Å². The van der Waals surface area contributed by atoms with Crippen LogP contribution in [0.25, 0.3) is 16.5 Å². The second kappa shape index (κ2) is 7.81. The van der Waals surface area contributed by atoms with E-state index in [1.54, 1.807) is 24.4 Å². The fraction of sp³-hybridized carbons (Fsp3) is 0.273. The molecule has 0 radical (unpaired) electrons. The van der Waals surface area contributed by atoms with E-state index in [0.29, 0.717) is 6.42 Å². The fourth-order valence-corrected chi connectivity index (χ4v) is 5.29. The first-order chi connectivity index (χ1) is 13.5. The van der Waals surface area contributed by atoms with Gasteiger partial charge in [-0.05, 0) is 41.7 Å². The SMILES string of the molecule is O=S(=O)(CCC1CC(c2ccccc2)=CCN1)Cc1c[nH]c2cc(O)ccc12. The number of hydrogen-bond acceptors (Lipinski definition) is 4. The number of aromatic amines is 1. The molecular weight excluding hydrogens is 372 g/mol. The van der Waals surface area contributed by atoms with E-state index in [1.807, 2.05) is 18.2 Å². The van der Waals surface area contributed by atoms with Crippen molar-refractivity contribution in [2.24, 2.45) is 0 Å². The molecule has 1 aliphatic heterocycles. The fourth-order valence-electron chi connectivity index (χ4n) is 3.79. The standard InChI is InChI=1S/C22H24N2O3S/c25-20-6-7-21-18(14-24-22(21)13-20)15-28(26,27)11-9-19-12-17(8-10-23-19)16-4-2-1-3-5-16/h1-8,13-14,19,23-25H,9-12,15H2. The molecule has 0 aliphatic carbocycles. The van der Waals surface area contributed by atoms with E-state index in [-0.39, 0.29) is 23.3 Å². The van der Waals surface area contributed by atoms with E-state index in [2.05, 4.69) is 28.5 Å². The Labute approximate surface area is 165 Å². The molecule has 4 rings (SSSR count). The minimum Gasteiger partial charge on any atom is -0.508 e. The van der Waals surface area contributed by atoms with Crippen molar-refractivity contribution in [1.29, 1.82) is 0 Å². The van der Waals surface area contributed by atoms with Crippen LogP contribution in [0.15, 0.2) is 60.8 Å². The third-order valence-electron chi connectivity index (χ3n) is 5.27. The lowest BCUT2D eigenvalue weighted by Gasteiger charge is -2.24. The molecule has 2 aromatic carbocycles. The van der Waals surface area contributed by atoms with E-state index < -0.39 is 9.84 Å². The summed E-state index contributed by atoms with van der Waals surface area (Å²) in [4.78, 5) is 3.04. The first kappa shape index (κ1) is 18.8. The van der Waals surface area contributed by atoms with E-state index in [4.69, 9.17) is 0 Å². The largest absolute Gasteiger partial charge is 0.508 e. The Morgan fingerprint density at radius 1 is 1.11 bits per heavy atom. The van der Waals surface area contributed by atoms with Gasteiger partial charge in [-0.3, -0.25) is 0 Å². The Morgan fingerprint density at radius 2 is 1.93 bits per heavy atom. The highest BCUT2D eigenvalue weighted by molar-refractivity contribution is 7.90. The van der Waals surface area contributed by atoms with E-state index in [0.717, 1.165) is 29.4 Å². The van der Waals surface area contributed by atoms with Crippen LogP contribution in [0, 0.1) is 0 Å². The number of phenolic OH excluding ortho intramolecular Hbond substituents is 1. The van der Waals surface area contributed by atoms with E-state index in [1.165, 1.54) is 11.1 Å². The van der Waals surface area contributed by atoms with Crippen LogP contribution in [-0.4, -0.2) is 36.8 Å². The van der Waals surface area contributed by atoms with Gasteiger partial charge >= 0.3 is 0 Å². The van der Waals surface area contributed by atoms with Gasteiger partial charge in [0.2, 0.25) is 0 Å². The predicted molar refractivity (Wildman–Crippen MR) is 113 cm³/mol. The van der Waals surface area contributed by atoms with Gasteiger partial charge in [0.1, 0.15) is 5.75 Å². The van der Waals surface area contributed by atoms with Crippen LogP contribution < -0.4 is 5.32 Å². The molecule has 5 nitrogen and oxygen atoms in total. The van der Waals surface area contributed by atoms with Crippen LogP contribution >= 0.6 is 0 Å². The average Bonchev–Trinajstić information content (AvgIpc) is 3.08. The number of H-pyrrole nitrogens is 1. The lowest BCUT2D eigenvalue weighted by molar-refractivity contribution is 0.476. The molecule has 28 heavy (non-hydrogen) atoms. The second-order valence-corrected chi connectivity index (χ2v) is 9.51. The number of aromatic nitrogens is 1. The monoisotopic (exact) mass is 396 g/mol. The van der Waals surface area contributed by atoms with Gasteiger partial charge in [-0.1, -0.05) is 36.4 Å². The number of benzene rings is 2. The van der Waals surface area contributed by atoms with Gasteiger partial charge in [0.25, 0.3) is 0 Å². The van der Waals surface area contributed by atoms with Gasteiger partial charge in [0.15, 0.2) is 9.84 Å². The lowest BCUT2D eigenvalue weighted by atomic mass is 9.94. The number of sulfone groups is 1. The molecule has 0 bridgehead atoms. The van der Waals surface area contributed by atoms with Crippen molar-refractivity contribution in [1.82, 2.24) is 10.3 Å². The molecule has 3 N–H and O–H groups in total. The van der Waals surface area contributed by atoms with Crippen molar-refractivity contribution in [2.75, 3.05) is 12.3 Å². The molecule has 0 saturated heterocycles. The first-order valence-corrected chi connectivity index (χ1v) is 11.3. The molecule has 2 heterocycles. The van der Waals surface area contributed by atoms with Crippen molar-refractivity contribution < 1.29 is 13.5 Å². The molecule has 1 unspecified atom stereocenters. The molecule has 6 heteroatoms. The maximum atomic E-state index is 12.7. The highest BCUT2D eigenvalue weighted by Crippen LogP contribution is 2.26. The van der Waals surface area contributed by atoms with Gasteiger partial charge in [-0.15, -0.1) is 0 Å². The maximum absolute atomic E-state index is 12.7. The quantitative estimate of drug-likeness (QED) is 0.594. The zero-order chi connectivity index (χ0) is 19.6. The normalized spacial score (nSPS) is 17.6. The zero-order valence-electron chi connectivity index (χ0n) is 15.6. The van der Waals surface area contributed by atoms with Crippen molar-refractivity contribution >= 4 is 26.3 Å². The van der Waals surface area contributed by atoms with Crippen molar-refractivity contribution in [3.63, 3.8) is 0 Å². The molecule has 3 aromatic rings. The molecule has 0 fully saturated rings. The summed E-state index contributed by atoms with van der Waals surface area (Å²) in [5, 5.41) is 13.8. The van der Waals surface area contributed by atoms with Gasteiger partial charge in [-0.2, -0.15) is 0 Å². The minimum absolute atomic E-state index is 0.00583. The zero-order valence-corrected chi connectivity index (χ0v) is 16.4. The molecule has 1 aliphatic rings. The summed E-state index contributed by atoms with van der Waals surface area (Å²) in [5.41, 5.74) is 3.98. The van der Waals surface area contributed by atoms with Crippen molar-refractivity contribution in [2.45, 2.75) is 24.6 Å². The Balaban J connectivity index is 1.39. The Bertz CT molecular complexity index is 1100. The average molecular weight is 397 g/mol. The number of aromatic hydroxyl groups is 1. The smallest absolute Gasteiger partial charge is 0.154 e. The summed E-state index contributed by atoms with van der Waals surface area (Å²) in [5.74, 6) is 0.318. The second-order valence-electron chi connectivity index (χ2n) is 7.33. The molecule has 146 valence electrons. The topological polar surface area (TPSA) is 82.2 Å². The molecule has 0 saturated carbocycles. The van der Waals surface area contributed by atoms with Crippen LogP contribution in [-0.2, 0) is 15.6 Å². The number of phenols is 1. The summed E-state index contributed by atoms with van der Waals surface area (Å²) in [7, 11) is -3.23. The van der Waals surface area contributed by atoms with Crippen LogP contribution in [0.1, 0.15) is 24.0 Å². The van der Waals surface area contributed by atoms with Crippen molar-refractivity contribution in [3.8, 4) is 5.75 Å². The van der Waals surface area contributed by atoms with Gasteiger partial charge < -0.3 is 15.4 Å². The molecular formula is C22H24N2O3S. The van der Waals surface area contributed by atoms with E-state index >= 15 is 0 Å². The number of rotatable bonds is 6. The Morgan fingerprint density at radius 3 is 2.75 bits per heavy atom. The molecule has 0 amide bonds. The summed E-state index contributed by atoms with van der Waals surface area (Å²) < 4.78 is 25.4. The lowest BCUT2D eigenvalue weighted by Crippen LogP contribution is -2.34. The summed E-state index contributed by atoms with van der Waals surface area (Å²) in [6.45, 7) is 0.765. The van der Waals surface area contributed by atoms with Crippen LogP contribution in [0.2, 0.25) is 0 Å². The Hall–Kier alpha value is -2.57. The number of nitrogens with one attached hydrogen (secondary N) is 2. The molecule has 0 spiro atoms. The molecule has 1 atom stereocenters. The molecule has 1 aromatic heterocycles. The third kappa shape index (κ3) is 4.29. The highest BCUT2D eigenvalue weighted by atomic mass is 32.2. The summed E-state index contributed by atoms with van der Waals surface area (Å²) in [6, 6.07) is 15.4. The predicted octanol–water partition coefficient (Wildman–Crippen LogP) is 3.62. The van der Waals surface area contributed by atoms with Gasteiger partial charge in [0.05, 0.1) is 11.5 Å². The first-order valence-electron chi connectivity index (χ1n) is 9.47. The maximum Gasteiger partial charge on any atom is 0.154 e.